The number of rotatable bonds is 2. The molecule has 1 aromatic carbocycles. The molecule has 1 aliphatic rings. The molecule has 1 saturated heterocycles. The Morgan fingerprint density at radius 1 is 1.44 bits per heavy atom. The fourth-order valence-corrected chi connectivity index (χ4v) is 4.38. The number of benzene rings is 1. The first kappa shape index (κ1) is 12.3. The van der Waals surface area contributed by atoms with E-state index in [1.54, 1.807) is 11.8 Å². The molecule has 0 aliphatic carbocycles. The summed E-state index contributed by atoms with van der Waals surface area (Å²) in [4.78, 5) is 11.9. The van der Waals surface area contributed by atoms with Gasteiger partial charge in [-0.25, -0.2) is 0 Å². The van der Waals surface area contributed by atoms with Crippen LogP contribution in [-0.4, -0.2) is 28.4 Å². The molecule has 16 heavy (non-hydrogen) atoms. The average Bonchev–Trinajstić information content (AvgIpc) is 2.30. The van der Waals surface area contributed by atoms with E-state index >= 15 is 0 Å². The van der Waals surface area contributed by atoms with Crippen LogP contribution in [0.5, 0.6) is 0 Å². The molecule has 0 saturated carbocycles. The van der Waals surface area contributed by atoms with Gasteiger partial charge >= 0.3 is 0 Å². The summed E-state index contributed by atoms with van der Waals surface area (Å²) in [5.41, 5.74) is 0.857. The zero-order valence-corrected chi connectivity index (χ0v) is 11.8. The van der Waals surface area contributed by atoms with Crippen molar-refractivity contribution >= 4 is 51.0 Å². The van der Waals surface area contributed by atoms with Gasteiger partial charge in [0.15, 0.2) is 0 Å². The van der Waals surface area contributed by atoms with Crippen molar-refractivity contribution in [1.29, 1.82) is 0 Å². The normalized spacial score (nSPS) is 20.4. The van der Waals surface area contributed by atoms with Crippen molar-refractivity contribution in [2.45, 2.75) is 5.25 Å². The lowest BCUT2D eigenvalue weighted by Gasteiger charge is -2.20. The number of carbonyl (C=O) groups excluding carboxylic acids is 1. The molecule has 1 aliphatic heterocycles. The van der Waals surface area contributed by atoms with Crippen LogP contribution < -0.4 is 5.32 Å². The number of hydrogen-bond acceptors (Lipinski definition) is 3. The van der Waals surface area contributed by atoms with Gasteiger partial charge in [-0.05, 0) is 18.2 Å². The Balaban J connectivity index is 1.96. The maximum atomic E-state index is 11.9. The quantitative estimate of drug-likeness (QED) is 0.908. The maximum absolute atomic E-state index is 11.9. The second-order valence-electron chi connectivity index (χ2n) is 3.43. The summed E-state index contributed by atoms with van der Waals surface area (Å²) in [5.74, 6) is 3.27. The molecule has 0 aromatic heterocycles. The van der Waals surface area contributed by atoms with Crippen LogP contribution in [-0.2, 0) is 4.79 Å². The lowest BCUT2D eigenvalue weighted by molar-refractivity contribution is -0.115. The van der Waals surface area contributed by atoms with E-state index in [1.807, 2.05) is 36.0 Å². The largest absolute Gasteiger partial charge is 0.325 e. The Morgan fingerprint density at radius 3 is 3.00 bits per heavy atom. The molecule has 1 amide bonds. The second-order valence-corrected chi connectivity index (χ2v) is 6.81. The van der Waals surface area contributed by atoms with E-state index in [4.69, 9.17) is 0 Å². The monoisotopic (exact) mass is 317 g/mol. The first-order valence-electron chi connectivity index (χ1n) is 5.01. The summed E-state index contributed by atoms with van der Waals surface area (Å²) in [5, 5.41) is 3.04. The molecule has 1 unspecified atom stereocenters. The second kappa shape index (κ2) is 5.98. The lowest BCUT2D eigenvalue weighted by atomic mass is 10.3. The Kier molecular flexibility index (Phi) is 4.61. The molecule has 1 heterocycles. The van der Waals surface area contributed by atoms with E-state index in [2.05, 4.69) is 21.2 Å². The highest BCUT2D eigenvalue weighted by molar-refractivity contribution is 9.10. The number of halogens is 1. The van der Waals surface area contributed by atoms with Crippen molar-refractivity contribution in [2.24, 2.45) is 0 Å². The molecule has 1 fully saturated rings. The van der Waals surface area contributed by atoms with Crippen LogP contribution >= 0.6 is 39.5 Å². The smallest absolute Gasteiger partial charge is 0.238 e. The first-order valence-corrected chi connectivity index (χ1v) is 8.01. The predicted octanol–water partition coefficient (Wildman–Crippen LogP) is 3.24. The third kappa shape index (κ3) is 3.43. The predicted molar refractivity (Wildman–Crippen MR) is 76.3 cm³/mol. The summed E-state index contributed by atoms with van der Waals surface area (Å²) in [6, 6.07) is 7.69. The summed E-state index contributed by atoms with van der Waals surface area (Å²) in [6.45, 7) is 0. The van der Waals surface area contributed by atoms with Crippen molar-refractivity contribution < 1.29 is 4.79 Å². The summed E-state index contributed by atoms with van der Waals surface area (Å²) in [7, 11) is 0. The topological polar surface area (TPSA) is 29.1 Å². The van der Waals surface area contributed by atoms with Gasteiger partial charge in [-0.15, -0.1) is 11.8 Å². The molecule has 0 spiro atoms. The molecule has 0 radical (unpaired) electrons. The van der Waals surface area contributed by atoms with Gasteiger partial charge in [-0.2, -0.15) is 11.8 Å². The van der Waals surface area contributed by atoms with Crippen LogP contribution in [0.3, 0.4) is 0 Å². The molecule has 1 atom stereocenters. The van der Waals surface area contributed by atoms with E-state index in [-0.39, 0.29) is 11.2 Å². The van der Waals surface area contributed by atoms with Crippen molar-refractivity contribution in [3.05, 3.63) is 28.7 Å². The van der Waals surface area contributed by atoms with Gasteiger partial charge in [-0.1, -0.05) is 22.0 Å². The highest BCUT2D eigenvalue weighted by Crippen LogP contribution is 2.25. The van der Waals surface area contributed by atoms with Crippen LogP contribution in [0.4, 0.5) is 5.69 Å². The number of anilines is 1. The zero-order valence-electron chi connectivity index (χ0n) is 8.61. The number of nitrogens with one attached hydrogen (secondary N) is 1. The van der Waals surface area contributed by atoms with Gasteiger partial charge in [0, 0.05) is 27.4 Å². The van der Waals surface area contributed by atoms with Crippen molar-refractivity contribution in [1.82, 2.24) is 0 Å². The van der Waals surface area contributed by atoms with Gasteiger partial charge in [0.25, 0.3) is 0 Å². The van der Waals surface area contributed by atoms with Crippen molar-refractivity contribution in [3.8, 4) is 0 Å². The standard InChI is InChI=1S/C11H12BrNOS2/c12-8-2-1-3-9(6-8)13-11(14)10-7-15-4-5-16-10/h1-3,6,10H,4-5,7H2,(H,13,14). The van der Waals surface area contributed by atoms with E-state index < -0.39 is 0 Å². The summed E-state index contributed by atoms with van der Waals surface area (Å²) in [6.07, 6.45) is 0. The van der Waals surface area contributed by atoms with Gasteiger partial charge in [0.1, 0.15) is 0 Å². The van der Waals surface area contributed by atoms with Crippen LogP contribution in [0.25, 0.3) is 0 Å². The van der Waals surface area contributed by atoms with E-state index in [1.165, 1.54) is 0 Å². The molecule has 2 rings (SSSR count). The van der Waals surface area contributed by atoms with E-state index in [0.717, 1.165) is 27.4 Å². The molecular weight excluding hydrogens is 306 g/mol. The average molecular weight is 318 g/mol. The molecule has 2 nitrogen and oxygen atoms in total. The fraction of sp³-hybridized carbons (Fsp3) is 0.364. The number of carbonyl (C=O) groups is 1. The van der Waals surface area contributed by atoms with Crippen molar-refractivity contribution in [3.63, 3.8) is 0 Å². The zero-order chi connectivity index (χ0) is 11.4. The van der Waals surface area contributed by atoms with Gasteiger partial charge in [0.05, 0.1) is 5.25 Å². The van der Waals surface area contributed by atoms with Crippen LogP contribution in [0.2, 0.25) is 0 Å². The highest BCUT2D eigenvalue weighted by Gasteiger charge is 2.21. The van der Waals surface area contributed by atoms with Crippen LogP contribution in [0.1, 0.15) is 0 Å². The minimum Gasteiger partial charge on any atom is -0.325 e. The van der Waals surface area contributed by atoms with Gasteiger partial charge in [-0.3, -0.25) is 4.79 Å². The Hall–Kier alpha value is -0.130. The number of amides is 1. The minimum absolute atomic E-state index is 0.0951. The van der Waals surface area contributed by atoms with E-state index in [0.29, 0.717) is 0 Å². The molecule has 5 heteroatoms. The Labute approximate surface area is 112 Å². The van der Waals surface area contributed by atoms with Gasteiger partial charge < -0.3 is 5.32 Å². The highest BCUT2D eigenvalue weighted by atomic mass is 79.9. The molecular formula is C11H12BrNOS2. The summed E-state index contributed by atoms with van der Waals surface area (Å²) >= 11 is 6.99. The van der Waals surface area contributed by atoms with Crippen LogP contribution in [0.15, 0.2) is 28.7 Å². The third-order valence-corrected chi connectivity index (χ3v) is 5.45. The number of hydrogen-bond donors (Lipinski definition) is 1. The summed E-state index contributed by atoms with van der Waals surface area (Å²) < 4.78 is 0.982. The molecule has 1 N–H and O–H groups in total. The van der Waals surface area contributed by atoms with Gasteiger partial charge in [0.2, 0.25) is 5.91 Å². The molecule has 1 aromatic rings. The Bertz CT molecular complexity index is 380. The number of thioether (sulfide) groups is 2. The lowest BCUT2D eigenvalue weighted by Crippen LogP contribution is -2.30. The fourth-order valence-electron chi connectivity index (χ4n) is 1.43. The van der Waals surface area contributed by atoms with E-state index in [9.17, 15) is 4.79 Å². The molecule has 0 bridgehead atoms. The third-order valence-electron chi connectivity index (χ3n) is 2.20. The first-order chi connectivity index (χ1) is 7.75. The van der Waals surface area contributed by atoms with Crippen LogP contribution in [0, 0.1) is 0 Å². The minimum atomic E-state index is 0.0951. The maximum Gasteiger partial charge on any atom is 0.238 e. The van der Waals surface area contributed by atoms with Crippen molar-refractivity contribution in [2.75, 3.05) is 22.6 Å². The SMILES string of the molecule is O=C(Nc1cccc(Br)c1)C1CSCCS1. The molecule has 86 valence electrons. The Morgan fingerprint density at radius 2 is 2.31 bits per heavy atom.